The molecule has 142 valence electrons. The first-order valence-electron chi connectivity index (χ1n) is 8.67. The smallest absolute Gasteiger partial charge is 0.426 e. The van der Waals surface area contributed by atoms with Crippen molar-refractivity contribution in [3.8, 4) is 0 Å². The van der Waals surface area contributed by atoms with Gasteiger partial charge in [0.1, 0.15) is 12.1 Å². The summed E-state index contributed by atoms with van der Waals surface area (Å²) in [5, 5.41) is 3.93. The molecule has 1 fully saturated rings. The van der Waals surface area contributed by atoms with Gasteiger partial charge in [-0.3, -0.25) is 9.59 Å². The van der Waals surface area contributed by atoms with Crippen molar-refractivity contribution in [2.75, 3.05) is 13.1 Å². The van der Waals surface area contributed by atoms with Crippen molar-refractivity contribution in [3.63, 3.8) is 0 Å². The van der Waals surface area contributed by atoms with E-state index < -0.39 is 30.1 Å². The van der Waals surface area contributed by atoms with Crippen LogP contribution in [0.15, 0.2) is 12.3 Å². The third kappa shape index (κ3) is 9.59. The molecule has 0 unspecified atom stereocenters. The van der Waals surface area contributed by atoms with E-state index in [1.165, 1.54) is 44.4 Å². The Balaban J connectivity index is 2.49. The molecule has 1 aliphatic rings. The van der Waals surface area contributed by atoms with Crippen molar-refractivity contribution >= 4 is 17.9 Å². The van der Waals surface area contributed by atoms with Gasteiger partial charge in [-0.15, -0.1) is 0 Å². The van der Waals surface area contributed by atoms with Crippen LogP contribution in [0.25, 0.3) is 0 Å². The molecule has 0 aromatic heterocycles. The average Bonchev–Trinajstić information content (AvgIpc) is 2.49. The van der Waals surface area contributed by atoms with Crippen LogP contribution in [0, 0.1) is 5.92 Å². The molecule has 0 radical (unpaired) electrons. The number of nitrogens with one attached hydrogen (secondary N) is 2. The lowest BCUT2D eigenvalue weighted by Gasteiger charge is -2.24. The van der Waals surface area contributed by atoms with Gasteiger partial charge in [0.15, 0.2) is 0 Å². The van der Waals surface area contributed by atoms with Crippen molar-refractivity contribution in [2.24, 2.45) is 11.7 Å². The van der Waals surface area contributed by atoms with Gasteiger partial charge >= 0.3 is 6.09 Å². The molecule has 0 aromatic rings. The summed E-state index contributed by atoms with van der Waals surface area (Å²) in [5.41, 5.74) is 6.64. The standard InChI is InChI=1S/C17H30N4O4/c1-17(2,3)25-16(24)20-21(12-14(18)22)15(23)9-10-19-11-13-7-5-4-6-8-13/h9-10,13,19H,4-8,11-12H2,1-3H3,(H2,18,22)(H,20,24)/b10-9+. The first kappa shape index (κ1) is 20.8. The Morgan fingerprint density at radius 3 is 2.40 bits per heavy atom. The van der Waals surface area contributed by atoms with Gasteiger partial charge in [-0.2, -0.15) is 0 Å². The molecule has 0 saturated heterocycles. The minimum atomic E-state index is -0.828. The highest BCUT2D eigenvalue weighted by Crippen LogP contribution is 2.22. The SMILES string of the molecule is CC(C)(C)OC(=O)NN(CC(N)=O)C(=O)/C=C/NCC1CCCCC1. The molecule has 0 atom stereocenters. The minimum Gasteiger partial charge on any atom is -0.443 e. The monoisotopic (exact) mass is 354 g/mol. The maximum Gasteiger partial charge on any atom is 0.426 e. The van der Waals surface area contributed by atoms with Crippen molar-refractivity contribution < 1.29 is 19.1 Å². The van der Waals surface area contributed by atoms with E-state index in [0.29, 0.717) is 5.92 Å². The van der Waals surface area contributed by atoms with Crippen molar-refractivity contribution in [2.45, 2.75) is 58.5 Å². The average molecular weight is 354 g/mol. The summed E-state index contributed by atoms with van der Waals surface area (Å²) in [6.45, 7) is 5.45. The Morgan fingerprint density at radius 2 is 1.84 bits per heavy atom. The highest BCUT2D eigenvalue weighted by molar-refractivity contribution is 5.91. The van der Waals surface area contributed by atoms with Gasteiger partial charge in [-0.25, -0.2) is 15.2 Å². The number of carbonyl (C=O) groups is 3. The van der Waals surface area contributed by atoms with Gasteiger partial charge in [-0.1, -0.05) is 19.3 Å². The second-order valence-corrected chi connectivity index (χ2v) is 7.25. The van der Waals surface area contributed by atoms with E-state index in [1.54, 1.807) is 20.8 Å². The quantitative estimate of drug-likeness (QED) is 0.493. The summed E-state index contributed by atoms with van der Waals surface area (Å²) in [4.78, 5) is 35.0. The number of amides is 3. The summed E-state index contributed by atoms with van der Waals surface area (Å²) in [5.74, 6) is -0.691. The van der Waals surface area contributed by atoms with E-state index in [4.69, 9.17) is 10.5 Å². The Hall–Kier alpha value is -2.25. The number of hydrazine groups is 1. The third-order valence-corrected chi connectivity index (χ3v) is 3.68. The fourth-order valence-electron chi connectivity index (χ4n) is 2.59. The van der Waals surface area contributed by atoms with E-state index in [1.807, 2.05) is 0 Å². The largest absolute Gasteiger partial charge is 0.443 e. The van der Waals surface area contributed by atoms with Crippen LogP contribution in [0.3, 0.4) is 0 Å². The van der Waals surface area contributed by atoms with Gasteiger partial charge in [0.2, 0.25) is 5.91 Å². The number of rotatable bonds is 6. The molecular formula is C17H30N4O4. The first-order valence-corrected chi connectivity index (χ1v) is 8.67. The maximum absolute atomic E-state index is 12.2. The van der Waals surface area contributed by atoms with Crippen LogP contribution in [0.4, 0.5) is 4.79 Å². The second-order valence-electron chi connectivity index (χ2n) is 7.25. The molecule has 0 aromatic carbocycles. The van der Waals surface area contributed by atoms with E-state index in [-0.39, 0.29) is 0 Å². The zero-order valence-corrected chi connectivity index (χ0v) is 15.3. The molecule has 1 saturated carbocycles. The summed E-state index contributed by atoms with van der Waals surface area (Å²) in [6.07, 6.45) is 8.15. The predicted octanol–water partition coefficient (Wildman–Crippen LogP) is 1.42. The van der Waals surface area contributed by atoms with Gasteiger partial charge in [0.05, 0.1) is 0 Å². The number of nitrogens with two attached hydrogens (primary N) is 1. The van der Waals surface area contributed by atoms with E-state index >= 15 is 0 Å². The number of hydrogen-bond acceptors (Lipinski definition) is 5. The number of primary amides is 1. The van der Waals surface area contributed by atoms with E-state index in [0.717, 1.165) is 11.6 Å². The molecule has 25 heavy (non-hydrogen) atoms. The van der Waals surface area contributed by atoms with Crippen molar-refractivity contribution in [1.29, 1.82) is 0 Å². The Kier molecular flexibility index (Phi) is 8.24. The first-order chi connectivity index (χ1) is 11.7. The highest BCUT2D eigenvalue weighted by atomic mass is 16.6. The van der Waals surface area contributed by atoms with Gasteiger partial charge in [-0.05, 0) is 39.5 Å². The van der Waals surface area contributed by atoms with Crippen LogP contribution in [0.1, 0.15) is 52.9 Å². The normalized spacial score (nSPS) is 15.6. The molecule has 8 heteroatoms. The molecule has 0 bridgehead atoms. The molecular weight excluding hydrogens is 324 g/mol. The number of hydrogen-bond donors (Lipinski definition) is 3. The molecule has 0 aliphatic heterocycles. The molecule has 1 aliphatic carbocycles. The Labute approximate surface area is 149 Å². The van der Waals surface area contributed by atoms with E-state index in [9.17, 15) is 14.4 Å². The second kappa shape index (κ2) is 9.90. The third-order valence-electron chi connectivity index (χ3n) is 3.68. The Bertz CT molecular complexity index is 493. The van der Waals surface area contributed by atoms with Crippen LogP contribution in [0.5, 0.6) is 0 Å². The van der Waals surface area contributed by atoms with Crippen molar-refractivity contribution in [1.82, 2.24) is 15.8 Å². The van der Waals surface area contributed by atoms with Gasteiger partial charge in [0, 0.05) is 18.8 Å². The minimum absolute atomic E-state index is 0.439. The summed E-state index contributed by atoms with van der Waals surface area (Å²) in [6, 6.07) is 0. The molecule has 4 N–H and O–H groups in total. The van der Waals surface area contributed by atoms with Crippen LogP contribution in [-0.2, 0) is 14.3 Å². The van der Waals surface area contributed by atoms with Crippen LogP contribution in [-0.4, -0.2) is 41.6 Å². The number of carbonyl (C=O) groups excluding carboxylic acids is 3. The summed E-state index contributed by atoms with van der Waals surface area (Å²) >= 11 is 0. The molecule has 0 heterocycles. The van der Waals surface area contributed by atoms with E-state index in [2.05, 4.69) is 10.7 Å². The van der Waals surface area contributed by atoms with Gasteiger partial charge < -0.3 is 15.8 Å². The van der Waals surface area contributed by atoms with Gasteiger partial charge in [0.25, 0.3) is 5.91 Å². The molecule has 8 nitrogen and oxygen atoms in total. The van der Waals surface area contributed by atoms with Crippen LogP contribution >= 0.6 is 0 Å². The highest BCUT2D eigenvalue weighted by Gasteiger charge is 2.21. The van der Waals surface area contributed by atoms with Crippen LogP contribution < -0.4 is 16.5 Å². The fourth-order valence-corrected chi connectivity index (χ4v) is 2.59. The topological polar surface area (TPSA) is 114 Å². The fraction of sp³-hybridized carbons (Fsp3) is 0.706. The molecule has 1 rings (SSSR count). The molecule has 0 spiro atoms. The lowest BCUT2D eigenvalue weighted by Crippen LogP contribution is -2.50. The summed E-state index contributed by atoms with van der Waals surface area (Å²) in [7, 11) is 0. The zero-order chi connectivity index (χ0) is 18.9. The maximum atomic E-state index is 12.2. The Morgan fingerprint density at radius 1 is 1.20 bits per heavy atom. The predicted molar refractivity (Wildman–Crippen MR) is 94.0 cm³/mol. The number of ether oxygens (including phenoxy) is 1. The lowest BCUT2D eigenvalue weighted by atomic mass is 9.89. The van der Waals surface area contributed by atoms with Crippen LogP contribution in [0.2, 0.25) is 0 Å². The lowest BCUT2D eigenvalue weighted by molar-refractivity contribution is -0.134. The molecule has 3 amide bonds. The summed E-state index contributed by atoms with van der Waals surface area (Å²) < 4.78 is 5.07. The van der Waals surface area contributed by atoms with Crippen molar-refractivity contribution in [3.05, 3.63) is 12.3 Å². The number of nitrogens with zero attached hydrogens (tertiary/aromatic N) is 1. The zero-order valence-electron chi connectivity index (χ0n) is 15.3.